The first-order chi connectivity index (χ1) is 28.0. The van der Waals surface area contributed by atoms with Crippen LogP contribution in [0, 0.1) is 6.08 Å². The van der Waals surface area contributed by atoms with E-state index in [9.17, 15) is 0 Å². The van der Waals surface area contributed by atoms with E-state index >= 15 is 0 Å². The third-order valence-electron chi connectivity index (χ3n) is 10.8. The van der Waals surface area contributed by atoms with Crippen LogP contribution in [-0.4, -0.2) is 3.21 Å². The molecule has 0 heterocycles. The summed E-state index contributed by atoms with van der Waals surface area (Å²) in [5.41, 5.74) is 12.1. The molecule has 1 atom stereocenters. The number of benzene rings is 7. The number of fused-ring (bicyclic) bond motifs is 3. The summed E-state index contributed by atoms with van der Waals surface area (Å²) in [6.07, 6.45) is 6.02. The molecule has 0 aliphatic heterocycles. The fourth-order valence-electron chi connectivity index (χ4n) is 7.40. The number of halogens is 2. The molecule has 300 valence electrons. The van der Waals surface area contributed by atoms with Gasteiger partial charge in [-0.25, -0.2) is 0 Å². The Kier molecular flexibility index (Phi) is 15.9. The molecule has 8 aromatic carbocycles. The van der Waals surface area contributed by atoms with E-state index < -0.39 is 0 Å². The minimum absolute atomic E-state index is 0. The van der Waals surface area contributed by atoms with Gasteiger partial charge in [-0.3, -0.25) is 0 Å². The van der Waals surface area contributed by atoms with Crippen molar-refractivity contribution in [3.63, 3.8) is 0 Å². The number of hydrogen-bond acceptors (Lipinski definition) is 0. The number of hydrogen-bond donors (Lipinski definition) is 0. The third kappa shape index (κ3) is 11.3. The van der Waals surface area contributed by atoms with Crippen LogP contribution >= 0.6 is 0 Å². The summed E-state index contributed by atoms with van der Waals surface area (Å²) in [6, 6.07) is 69.0. The second kappa shape index (κ2) is 20.7. The van der Waals surface area contributed by atoms with E-state index in [0.29, 0.717) is 0 Å². The molecule has 0 aromatic heterocycles. The summed E-state index contributed by atoms with van der Waals surface area (Å²) in [4.78, 5) is 0. The minimum atomic E-state index is 0. The molecule has 1 aliphatic carbocycles. The molecule has 60 heavy (non-hydrogen) atoms. The summed E-state index contributed by atoms with van der Waals surface area (Å²) in [5.74, 6) is 0.210. The molecule has 0 N–H and O–H groups in total. The van der Waals surface area contributed by atoms with Gasteiger partial charge in [0.1, 0.15) is 0 Å². The Morgan fingerprint density at radius 3 is 1.28 bits per heavy atom. The molecule has 9 rings (SSSR count). The molecule has 0 saturated carbocycles. The van der Waals surface area contributed by atoms with Gasteiger partial charge < -0.3 is 24.8 Å². The molecule has 3 heteroatoms. The van der Waals surface area contributed by atoms with E-state index in [4.69, 9.17) is 0 Å². The predicted molar refractivity (Wildman–Crippen MR) is 247 cm³/mol. The van der Waals surface area contributed by atoms with Gasteiger partial charge in [-0.1, -0.05) is 167 Å². The van der Waals surface area contributed by atoms with Crippen molar-refractivity contribution >= 4 is 35.9 Å². The summed E-state index contributed by atoms with van der Waals surface area (Å²) in [7, 11) is 0. The van der Waals surface area contributed by atoms with Crippen LogP contribution in [0.5, 0.6) is 0 Å². The zero-order valence-corrected chi connectivity index (χ0v) is 39.4. The van der Waals surface area contributed by atoms with Gasteiger partial charge in [-0.15, -0.1) is 69.1 Å². The first-order valence-electron chi connectivity index (χ1n) is 20.3. The fourth-order valence-corrected chi connectivity index (χ4v) is 8.22. The van der Waals surface area contributed by atoms with Gasteiger partial charge in [0.2, 0.25) is 0 Å². The van der Waals surface area contributed by atoms with Crippen LogP contribution < -0.4 is 24.8 Å². The van der Waals surface area contributed by atoms with Crippen LogP contribution in [0.15, 0.2) is 200 Å². The molecular formula is C57H52Cl2Zr-2. The van der Waals surface area contributed by atoms with Gasteiger partial charge in [-0.2, -0.15) is 11.6 Å². The molecule has 0 bridgehead atoms. The van der Waals surface area contributed by atoms with Crippen LogP contribution in [0.2, 0.25) is 0 Å². The zero-order valence-electron chi connectivity index (χ0n) is 35.4. The molecule has 8 aromatic rings. The van der Waals surface area contributed by atoms with Crippen LogP contribution in [0.4, 0.5) is 0 Å². The molecule has 1 unspecified atom stereocenters. The summed E-state index contributed by atoms with van der Waals surface area (Å²) < 4.78 is 1.42. The second-order valence-electron chi connectivity index (χ2n) is 17.1. The molecule has 0 radical (unpaired) electrons. The quantitative estimate of drug-likeness (QED) is 0.152. The van der Waals surface area contributed by atoms with Crippen molar-refractivity contribution in [1.82, 2.24) is 0 Å². The van der Waals surface area contributed by atoms with Crippen molar-refractivity contribution in [3.8, 4) is 0 Å². The molecule has 0 amide bonds. The molecule has 1 aliphatic rings. The normalized spacial score (nSPS) is 13.4. The van der Waals surface area contributed by atoms with Crippen molar-refractivity contribution in [2.45, 2.75) is 58.3 Å². The molecule has 0 saturated heterocycles. The number of allylic oxidation sites excluding steroid dienone is 4. The Bertz CT molecular complexity index is 2500. The van der Waals surface area contributed by atoms with E-state index in [-0.39, 0.29) is 41.6 Å². The van der Waals surface area contributed by atoms with Gasteiger partial charge in [0.05, 0.1) is 0 Å². The molecule has 0 nitrogen and oxygen atoms in total. The van der Waals surface area contributed by atoms with E-state index in [1.54, 1.807) is 0 Å². The summed E-state index contributed by atoms with van der Waals surface area (Å²) in [5, 5.41) is 5.48. The van der Waals surface area contributed by atoms with E-state index in [0.717, 1.165) is 0 Å². The van der Waals surface area contributed by atoms with Crippen molar-refractivity contribution in [3.05, 3.63) is 245 Å². The van der Waals surface area contributed by atoms with Crippen molar-refractivity contribution in [2.24, 2.45) is 0 Å². The van der Waals surface area contributed by atoms with E-state index in [1.165, 1.54) is 99.1 Å². The van der Waals surface area contributed by atoms with Crippen molar-refractivity contribution in [1.29, 1.82) is 0 Å². The Labute approximate surface area is 385 Å². The first-order valence-corrected chi connectivity index (χ1v) is 21.5. The fraction of sp³-hybridized carbons (Fsp3) is 0.158. The van der Waals surface area contributed by atoms with Gasteiger partial charge in [0.15, 0.2) is 0 Å². The average molecular weight is 899 g/mol. The summed E-state index contributed by atoms with van der Waals surface area (Å²) >= 11 is 1.46. The van der Waals surface area contributed by atoms with Crippen LogP contribution in [-0.2, 0) is 35.1 Å². The Morgan fingerprint density at radius 1 is 0.483 bits per heavy atom. The van der Waals surface area contributed by atoms with Crippen LogP contribution in [0.1, 0.15) is 86.4 Å². The maximum atomic E-state index is 3.70. The van der Waals surface area contributed by atoms with Gasteiger partial charge in [-0.05, 0) is 16.7 Å². The third-order valence-corrected chi connectivity index (χ3v) is 12.2. The average Bonchev–Trinajstić information content (AvgIpc) is 3.87. The van der Waals surface area contributed by atoms with E-state index in [2.05, 4.69) is 248 Å². The SMILES string of the molecule is CC(C)(C)c1ccc2c(c1)[cH-]c1cc(C(C)(C)C)ccc12.[C-]1=C(c2ccccc2)C(c2ccccc2)=CC1c1ccccc1.[Cl-].[Cl-].[Zr+2]=[C](c1ccccc1)c1ccccc1. The van der Waals surface area contributed by atoms with Crippen LogP contribution in [0.3, 0.4) is 0 Å². The monoisotopic (exact) mass is 896 g/mol. The number of rotatable bonds is 5. The Hall–Kier alpha value is -4.78. The molecule has 0 fully saturated rings. The van der Waals surface area contributed by atoms with E-state index in [1.807, 2.05) is 0 Å². The zero-order chi connectivity index (χ0) is 40.7. The topological polar surface area (TPSA) is 0 Å². The first kappa shape index (κ1) is 46.3. The molecule has 0 spiro atoms. The second-order valence-corrected chi connectivity index (χ2v) is 18.3. The summed E-state index contributed by atoms with van der Waals surface area (Å²) in [6.45, 7) is 13.6. The van der Waals surface area contributed by atoms with Crippen molar-refractivity contribution in [2.75, 3.05) is 0 Å². The molecular weight excluding hydrogens is 847 g/mol. The Morgan fingerprint density at radius 2 is 0.867 bits per heavy atom. The van der Waals surface area contributed by atoms with Gasteiger partial charge in [0.25, 0.3) is 0 Å². The Balaban J connectivity index is 0.000000173. The standard InChI is InChI=1S/C23H17.C21H25.C13H10.2ClH.Zr/c1-4-10-18(11-5-1)21-16-22(19-12-6-2-7-13-19)23(17-21)20-14-8-3-9-15-20;1-20(2,3)16-7-9-18-14(12-16)11-15-13-17(21(4,5)6)8-10-19(15)18;1-3-7-12(8-4-1)11-13-9-5-2-6-10-13;;;/h1-16,21H;7-13H,1-6H3;1-10H;2*1H;/q2*-1;;;;+2/p-2. The van der Waals surface area contributed by atoms with Crippen LogP contribution in [0.25, 0.3) is 32.7 Å². The van der Waals surface area contributed by atoms with Gasteiger partial charge >= 0.3 is 99.2 Å². The predicted octanol–water partition coefficient (Wildman–Crippen LogP) is 8.87. The maximum absolute atomic E-state index is 3.70. The van der Waals surface area contributed by atoms with Crippen molar-refractivity contribution < 1.29 is 49.0 Å². The van der Waals surface area contributed by atoms with Gasteiger partial charge in [0, 0.05) is 0 Å².